The summed E-state index contributed by atoms with van der Waals surface area (Å²) in [6.07, 6.45) is 39.0. The molecule has 10 heteroatoms. The molecule has 1 rings (SSSR count). The van der Waals surface area contributed by atoms with E-state index in [-0.39, 0.29) is 26.1 Å². The lowest BCUT2D eigenvalue weighted by molar-refractivity contribution is -0.305. The lowest BCUT2D eigenvalue weighted by atomic mass is 9.99. The molecule has 0 aromatic rings. The highest BCUT2D eigenvalue weighted by atomic mass is 16.7. The molecule has 1 fully saturated rings. The SMILES string of the molecule is CCCCC/C=C/C/C=C/C/C=C/CCCCCCC(=O)OC[C@@H](CO[C@H]1O[C@@H](CO)[C@@H](O)C(O)C1O)OC(=O)CCCC/C=C/C/C=C/C/C=C/CCCCC. The lowest BCUT2D eigenvalue weighted by Gasteiger charge is -2.39. The molecule has 1 heterocycles. The van der Waals surface area contributed by atoms with Gasteiger partial charge in [0, 0.05) is 12.8 Å². The first kappa shape index (κ1) is 52.2. The highest BCUT2D eigenvalue weighted by molar-refractivity contribution is 5.70. The maximum atomic E-state index is 12.7. The number of aliphatic hydroxyl groups excluding tert-OH is 4. The molecule has 0 amide bonds. The number of carbonyl (C=O) groups excluding carboxylic acids is 2. The van der Waals surface area contributed by atoms with E-state index in [2.05, 4.69) is 86.8 Å². The molecular weight excluding hydrogens is 725 g/mol. The standard InChI is InChI=1S/C47H78O10/c1-3-5-7-9-11-13-15-17-19-20-22-23-25-27-29-31-33-35-42(49)54-38-40(39-55-47-46(53)45(52)44(51)41(37-48)57-47)56-43(50)36-34-32-30-28-26-24-21-18-16-14-12-10-8-6-4-2/h11-14,17-19,21-23,26,28,40-41,44-48,51-53H,3-10,15-16,20,24-25,27,29-39H2,1-2H3/b13-11+,14-12+,19-17+,21-18+,23-22+,28-26+/t40-,41-,44+,45?,46?,47-/m0/s1. The van der Waals surface area contributed by atoms with Crippen LogP contribution in [0, 0.1) is 0 Å². The lowest BCUT2D eigenvalue weighted by Crippen LogP contribution is -2.59. The average molecular weight is 803 g/mol. The first-order valence-electron chi connectivity index (χ1n) is 22.0. The third-order valence-corrected chi connectivity index (χ3v) is 9.56. The van der Waals surface area contributed by atoms with Gasteiger partial charge in [-0.2, -0.15) is 0 Å². The summed E-state index contributed by atoms with van der Waals surface area (Å²) in [5, 5.41) is 40.0. The van der Waals surface area contributed by atoms with Crippen molar-refractivity contribution in [3.63, 3.8) is 0 Å². The molecule has 0 bridgehead atoms. The molecule has 0 aromatic carbocycles. The molecule has 1 saturated heterocycles. The van der Waals surface area contributed by atoms with Crippen LogP contribution >= 0.6 is 0 Å². The van der Waals surface area contributed by atoms with E-state index < -0.39 is 55.4 Å². The zero-order valence-electron chi connectivity index (χ0n) is 35.3. The van der Waals surface area contributed by atoms with Crippen LogP contribution in [0.15, 0.2) is 72.9 Å². The topological polar surface area (TPSA) is 152 Å². The van der Waals surface area contributed by atoms with Crippen molar-refractivity contribution in [2.75, 3.05) is 19.8 Å². The molecule has 4 N–H and O–H groups in total. The monoisotopic (exact) mass is 803 g/mol. The third kappa shape index (κ3) is 29.1. The molecule has 6 atom stereocenters. The van der Waals surface area contributed by atoms with Crippen LogP contribution in [0.5, 0.6) is 0 Å². The average Bonchev–Trinajstić information content (AvgIpc) is 3.21. The van der Waals surface area contributed by atoms with Crippen LogP contribution in [0.3, 0.4) is 0 Å². The molecule has 0 aromatic heterocycles. The fourth-order valence-electron chi connectivity index (χ4n) is 6.02. The Kier molecular flexibility index (Phi) is 34.2. The Morgan fingerprint density at radius 3 is 1.49 bits per heavy atom. The van der Waals surface area contributed by atoms with Crippen LogP contribution < -0.4 is 0 Å². The van der Waals surface area contributed by atoms with Crippen molar-refractivity contribution in [3.8, 4) is 0 Å². The van der Waals surface area contributed by atoms with Crippen molar-refractivity contribution < 1.29 is 49.0 Å². The number of rotatable bonds is 35. The van der Waals surface area contributed by atoms with E-state index in [1.54, 1.807) is 0 Å². The van der Waals surface area contributed by atoms with E-state index in [1.807, 2.05) is 0 Å². The Bertz CT molecular complexity index is 1160. The Morgan fingerprint density at radius 2 is 0.982 bits per heavy atom. The van der Waals surface area contributed by atoms with E-state index in [0.29, 0.717) is 12.8 Å². The van der Waals surface area contributed by atoms with Crippen LogP contribution in [0.1, 0.15) is 155 Å². The largest absolute Gasteiger partial charge is 0.462 e. The third-order valence-electron chi connectivity index (χ3n) is 9.56. The molecule has 57 heavy (non-hydrogen) atoms. The predicted octanol–water partition coefficient (Wildman–Crippen LogP) is 9.22. The quantitative estimate of drug-likeness (QED) is 0.0277. The Balaban J connectivity index is 2.40. The summed E-state index contributed by atoms with van der Waals surface area (Å²) < 4.78 is 22.1. The van der Waals surface area contributed by atoms with Gasteiger partial charge in [0.2, 0.25) is 0 Å². The maximum Gasteiger partial charge on any atom is 0.306 e. The van der Waals surface area contributed by atoms with E-state index in [1.165, 1.54) is 44.9 Å². The van der Waals surface area contributed by atoms with Gasteiger partial charge in [-0.1, -0.05) is 125 Å². The van der Waals surface area contributed by atoms with Gasteiger partial charge in [-0.05, 0) is 89.9 Å². The number of allylic oxidation sites excluding steroid dienone is 12. The molecule has 10 nitrogen and oxygen atoms in total. The van der Waals surface area contributed by atoms with Crippen molar-refractivity contribution in [1.82, 2.24) is 0 Å². The van der Waals surface area contributed by atoms with Gasteiger partial charge in [-0.15, -0.1) is 0 Å². The zero-order valence-corrected chi connectivity index (χ0v) is 35.3. The van der Waals surface area contributed by atoms with Crippen LogP contribution in [-0.4, -0.2) is 89.0 Å². The zero-order chi connectivity index (χ0) is 41.6. The minimum atomic E-state index is -1.61. The molecule has 0 radical (unpaired) electrons. The van der Waals surface area contributed by atoms with Crippen LogP contribution in [-0.2, 0) is 28.5 Å². The van der Waals surface area contributed by atoms with Crippen LogP contribution in [0.2, 0.25) is 0 Å². The fraction of sp³-hybridized carbons (Fsp3) is 0.702. The van der Waals surface area contributed by atoms with Gasteiger partial charge in [0.05, 0.1) is 13.2 Å². The Hall–Kier alpha value is -2.86. The van der Waals surface area contributed by atoms with Crippen molar-refractivity contribution in [1.29, 1.82) is 0 Å². The summed E-state index contributed by atoms with van der Waals surface area (Å²) in [5.41, 5.74) is 0. The number of ether oxygens (including phenoxy) is 4. The van der Waals surface area contributed by atoms with Gasteiger partial charge >= 0.3 is 11.9 Å². The number of hydrogen-bond acceptors (Lipinski definition) is 10. The first-order chi connectivity index (χ1) is 27.8. The molecule has 1 aliphatic heterocycles. The molecule has 1 aliphatic rings. The minimum Gasteiger partial charge on any atom is -0.462 e. The molecule has 2 unspecified atom stereocenters. The Labute approximate surface area is 344 Å². The van der Waals surface area contributed by atoms with Crippen molar-refractivity contribution in [3.05, 3.63) is 72.9 Å². The molecule has 0 aliphatic carbocycles. The van der Waals surface area contributed by atoms with Gasteiger partial charge < -0.3 is 39.4 Å². The molecule has 0 saturated carbocycles. The predicted molar refractivity (Wildman–Crippen MR) is 228 cm³/mol. The van der Waals surface area contributed by atoms with Gasteiger partial charge in [-0.25, -0.2) is 0 Å². The molecular formula is C47H78O10. The number of esters is 2. The molecule has 326 valence electrons. The van der Waals surface area contributed by atoms with E-state index >= 15 is 0 Å². The fourth-order valence-corrected chi connectivity index (χ4v) is 6.02. The van der Waals surface area contributed by atoms with Crippen molar-refractivity contribution >= 4 is 11.9 Å². The summed E-state index contributed by atoms with van der Waals surface area (Å²) >= 11 is 0. The van der Waals surface area contributed by atoms with Crippen LogP contribution in [0.25, 0.3) is 0 Å². The molecule has 0 spiro atoms. The van der Waals surface area contributed by atoms with E-state index in [9.17, 15) is 30.0 Å². The summed E-state index contributed by atoms with van der Waals surface area (Å²) in [5.74, 6) is -0.884. The van der Waals surface area contributed by atoms with Crippen molar-refractivity contribution in [2.45, 2.75) is 192 Å². The second-order valence-corrected chi connectivity index (χ2v) is 14.8. The first-order valence-corrected chi connectivity index (χ1v) is 22.0. The van der Waals surface area contributed by atoms with E-state index in [0.717, 1.165) is 70.6 Å². The smallest absolute Gasteiger partial charge is 0.306 e. The highest BCUT2D eigenvalue weighted by Gasteiger charge is 2.44. The summed E-state index contributed by atoms with van der Waals surface area (Å²) in [7, 11) is 0. The minimum absolute atomic E-state index is 0.172. The second-order valence-electron chi connectivity index (χ2n) is 14.8. The normalized spacial score (nSPS) is 21.0. The van der Waals surface area contributed by atoms with Crippen molar-refractivity contribution in [2.24, 2.45) is 0 Å². The second kappa shape index (κ2) is 37.4. The van der Waals surface area contributed by atoms with Gasteiger partial charge in [0.25, 0.3) is 0 Å². The van der Waals surface area contributed by atoms with Gasteiger partial charge in [0.15, 0.2) is 12.4 Å². The number of unbranched alkanes of at least 4 members (excludes halogenated alkanes) is 12. The Morgan fingerprint density at radius 1 is 0.544 bits per heavy atom. The number of hydrogen-bond donors (Lipinski definition) is 4. The summed E-state index contributed by atoms with van der Waals surface area (Å²) in [4.78, 5) is 25.3. The van der Waals surface area contributed by atoms with E-state index in [4.69, 9.17) is 18.9 Å². The summed E-state index contributed by atoms with van der Waals surface area (Å²) in [6, 6.07) is 0. The number of aliphatic hydroxyl groups is 4. The van der Waals surface area contributed by atoms with Gasteiger partial charge in [0.1, 0.15) is 31.0 Å². The maximum absolute atomic E-state index is 12.7. The highest BCUT2D eigenvalue weighted by Crippen LogP contribution is 2.22. The van der Waals surface area contributed by atoms with Gasteiger partial charge in [-0.3, -0.25) is 9.59 Å². The summed E-state index contributed by atoms with van der Waals surface area (Å²) in [6.45, 7) is 3.28. The van der Waals surface area contributed by atoms with Crippen LogP contribution in [0.4, 0.5) is 0 Å². The number of carbonyl (C=O) groups is 2.